The van der Waals surface area contributed by atoms with Crippen molar-refractivity contribution in [3.63, 3.8) is 0 Å². The van der Waals surface area contributed by atoms with Gasteiger partial charge in [-0.3, -0.25) is 13.8 Å². The van der Waals surface area contributed by atoms with E-state index in [-0.39, 0.29) is 75.4 Å². The summed E-state index contributed by atoms with van der Waals surface area (Å²) in [5, 5.41) is 61.2. The van der Waals surface area contributed by atoms with Gasteiger partial charge in [-0.2, -0.15) is 8.42 Å². The first-order chi connectivity index (χ1) is 37.9. The van der Waals surface area contributed by atoms with Gasteiger partial charge in [0.2, 0.25) is 5.43 Å². The fourth-order valence-corrected chi connectivity index (χ4v) is 13.2. The molecule has 2 aromatic rings. The van der Waals surface area contributed by atoms with Gasteiger partial charge in [-0.1, -0.05) is 20.8 Å². The predicted octanol–water partition coefficient (Wildman–Crippen LogP) is 3.75. The lowest BCUT2D eigenvalue weighted by Gasteiger charge is -2.49. The number of aliphatic hydroxyl groups is 4. The number of nitrogens with one attached hydrogen (secondary N) is 1. The van der Waals surface area contributed by atoms with E-state index >= 15 is 0 Å². The normalized spacial score (nSPS) is 37.2. The SMILES string of the molecule is CC[C@H]1OC(=O)[C@H](C)[C@@H](O[C@H]2C[C@@](C)(OC)[C@@H](OS(=O)(=O)CCOCCOCCNc3ccc4c(c3)c(=O)c(C(=O)O)cn4C3CC3)[C@H](C)O2)[C@H](C)[C@@H](O[C@@H]2O[C@H](C)C[C@H](N(C)C)[C@H]2O)[C@](C)(O)C[C@@H](C)CN(C)[C@H](C)[C@@H](O)[C@]1(C)O. The highest BCUT2D eigenvalue weighted by Gasteiger charge is 2.54. The second-order valence-corrected chi connectivity index (χ2v) is 25.9. The van der Waals surface area contributed by atoms with Gasteiger partial charge in [-0.05, 0) is 126 Å². The molecule has 0 unspecified atom stereocenters. The maximum atomic E-state index is 14.6. The van der Waals surface area contributed by atoms with Crippen LogP contribution in [-0.4, -0.2) is 224 Å². The van der Waals surface area contributed by atoms with Crippen LogP contribution in [-0.2, 0) is 57.0 Å². The minimum Gasteiger partial charge on any atom is -0.477 e. The molecule has 0 spiro atoms. The van der Waals surface area contributed by atoms with Crippen LogP contribution < -0.4 is 10.7 Å². The van der Waals surface area contributed by atoms with Gasteiger partial charge in [-0.15, -0.1) is 0 Å². The van der Waals surface area contributed by atoms with Crippen LogP contribution in [0, 0.1) is 17.8 Å². The first-order valence-electron chi connectivity index (χ1n) is 28.6. The van der Waals surface area contributed by atoms with Crippen LogP contribution in [0.5, 0.6) is 0 Å². The van der Waals surface area contributed by atoms with Crippen LogP contribution in [0.3, 0.4) is 0 Å². The third-order valence-electron chi connectivity index (χ3n) is 17.0. The zero-order valence-electron chi connectivity index (χ0n) is 49.9. The molecule has 1 saturated carbocycles. The number of nitrogens with zero attached hydrogens (tertiary/aromatic N) is 3. The Morgan fingerprint density at radius 2 is 1.59 bits per heavy atom. The molecule has 0 amide bonds. The lowest BCUT2D eigenvalue weighted by atomic mass is 9.77. The summed E-state index contributed by atoms with van der Waals surface area (Å²) < 4.78 is 84.6. The number of carboxylic acid groups (broad SMARTS) is 1. The Bertz CT molecular complexity index is 2580. The molecule has 1 aromatic heterocycles. The lowest BCUT2D eigenvalue weighted by molar-refractivity contribution is -0.316. The van der Waals surface area contributed by atoms with E-state index in [1.165, 1.54) is 20.2 Å². The summed E-state index contributed by atoms with van der Waals surface area (Å²) in [6, 6.07) is 4.48. The van der Waals surface area contributed by atoms with Crippen molar-refractivity contribution < 1.29 is 85.6 Å². The van der Waals surface area contributed by atoms with Crippen molar-refractivity contribution in [2.45, 2.75) is 204 Å². The summed E-state index contributed by atoms with van der Waals surface area (Å²) in [5.74, 6) is -4.82. The zero-order valence-corrected chi connectivity index (χ0v) is 50.8. The molecule has 18 atom stereocenters. The van der Waals surface area contributed by atoms with Crippen molar-refractivity contribution in [3.8, 4) is 0 Å². The van der Waals surface area contributed by atoms with Gasteiger partial charge in [0, 0.05) is 67.9 Å². The molecule has 462 valence electrons. The summed E-state index contributed by atoms with van der Waals surface area (Å²) in [5.41, 5.74) is -4.43. The largest absolute Gasteiger partial charge is 0.477 e. The number of carbonyl (C=O) groups is 2. The molecule has 0 bridgehead atoms. The van der Waals surface area contributed by atoms with Crippen LogP contribution in [0.15, 0.2) is 29.2 Å². The minimum atomic E-state index is -4.26. The quantitative estimate of drug-likeness (QED) is 0.0589. The number of aromatic carboxylic acids is 1. The third-order valence-corrected chi connectivity index (χ3v) is 18.2. The second kappa shape index (κ2) is 27.7. The molecule has 4 aliphatic rings. The van der Waals surface area contributed by atoms with Crippen molar-refractivity contribution in [2.75, 3.05) is 78.8 Å². The van der Waals surface area contributed by atoms with E-state index in [0.717, 1.165) is 12.8 Å². The van der Waals surface area contributed by atoms with Crippen molar-refractivity contribution in [2.24, 2.45) is 17.8 Å². The van der Waals surface area contributed by atoms with Gasteiger partial charge in [0.15, 0.2) is 12.6 Å². The number of carboxylic acids is 1. The van der Waals surface area contributed by atoms with E-state index in [0.29, 0.717) is 36.1 Å². The number of methoxy groups -OCH3 is 1. The molecule has 1 aliphatic carbocycles. The summed E-state index contributed by atoms with van der Waals surface area (Å²) in [6.07, 6.45) is -6.87. The first kappa shape index (κ1) is 66.7. The van der Waals surface area contributed by atoms with Crippen LogP contribution in [0.4, 0.5) is 5.69 Å². The Labute approximate surface area is 477 Å². The number of likely N-dealkylation sites (N-methyl/N-ethyl adjacent to an activating group) is 2. The maximum absolute atomic E-state index is 14.6. The molecule has 6 N–H and O–H groups in total. The Kier molecular flexibility index (Phi) is 22.8. The predicted molar refractivity (Wildman–Crippen MR) is 300 cm³/mol. The van der Waals surface area contributed by atoms with E-state index in [2.05, 4.69) is 5.32 Å². The van der Waals surface area contributed by atoms with E-state index in [1.807, 2.05) is 55.4 Å². The maximum Gasteiger partial charge on any atom is 0.341 e. The highest BCUT2D eigenvalue weighted by Crippen LogP contribution is 2.42. The molecule has 3 aliphatic heterocycles. The highest BCUT2D eigenvalue weighted by molar-refractivity contribution is 7.86. The van der Waals surface area contributed by atoms with E-state index in [1.54, 1.807) is 60.6 Å². The summed E-state index contributed by atoms with van der Waals surface area (Å²) >= 11 is 0. The topological polar surface area (TPSA) is 293 Å². The molecular weight excluding hydrogens is 1080 g/mol. The van der Waals surface area contributed by atoms with E-state index in [4.69, 9.17) is 42.1 Å². The second-order valence-electron chi connectivity index (χ2n) is 24.2. The Morgan fingerprint density at radius 1 is 0.926 bits per heavy atom. The molecule has 4 heterocycles. The van der Waals surface area contributed by atoms with E-state index in [9.17, 15) is 48.3 Å². The summed E-state index contributed by atoms with van der Waals surface area (Å²) in [6.45, 7) is 18.1. The Hall–Kier alpha value is -3.44. The lowest BCUT2D eigenvalue weighted by Crippen LogP contribution is -2.61. The number of pyridine rings is 1. The standard InChI is InChI=1S/C57H94N4O19S/c1-15-44-57(10,69)49(64)36(6)60(13)30-32(2)28-55(8,68)50(79-54-47(63)43(59(11)12)26-33(3)75-54)34(4)48(35(5)53(67)77-44)78-45-29-56(9,72-14)51(37(7)76-45)80-81(70,71)25-24-74-23-22-73-21-20-58-38-16-19-42-40(27-38)46(62)41(52(65)66)31-61(42)39-17-18-39/h16,19,27,31-37,39,43-45,47-51,54,58,63-64,68-69H,15,17-18,20-26,28-30H2,1-14H3,(H,65,66)/t32-,33-,34+,35-,36-,37+,43+,44-,45+,47-,48+,49-,50-,51+,54+,55-,56-,57-/m1/s1. The number of carbonyl (C=O) groups excluding carboxylic acids is 1. The number of hydrogen-bond acceptors (Lipinski definition) is 21. The van der Waals surface area contributed by atoms with Gasteiger partial charge in [0.25, 0.3) is 10.1 Å². The van der Waals surface area contributed by atoms with Crippen LogP contribution in [0.2, 0.25) is 0 Å². The van der Waals surface area contributed by atoms with Crippen LogP contribution >= 0.6 is 0 Å². The average Bonchev–Trinajstić information content (AvgIpc) is 4.43. The molecule has 0 radical (unpaired) electrons. The first-order valence-corrected chi connectivity index (χ1v) is 30.2. The molecule has 23 nitrogen and oxygen atoms in total. The van der Waals surface area contributed by atoms with Gasteiger partial charge in [0.05, 0.1) is 79.2 Å². The summed E-state index contributed by atoms with van der Waals surface area (Å²) in [4.78, 5) is 43.2. The number of esters is 1. The minimum absolute atomic E-state index is 0.0781. The Balaban J connectivity index is 1.12. The smallest absolute Gasteiger partial charge is 0.341 e. The third kappa shape index (κ3) is 16.3. The summed E-state index contributed by atoms with van der Waals surface area (Å²) in [7, 11) is 2.68. The fourth-order valence-electron chi connectivity index (χ4n) is 12.1. The molecule has 4 fully saturated rings. The number of anilines is 1. The highest BCUT2D eigenvalue weighted by atomic mass is 32.2. The van der Waals surface area contributed by atoms with Crippen molar-refractivity contribution in [1.82, 2.24) is 14.4 Å². The van der Waals surface area contributed by atoms with Gasteiger partial charge < -0.3 is 83.1 Å². The van der Waals surface area contributed by atoms with Gasteiger partial charge >= 0.3 is 11.9 Å². The number of benzene rings is 1. The van der Waals surface area contributed by atoms with Crippen molar-refractivity contribution in [1.29, 1.82) is 0 Å². The average molecular weight is 1170 g/mol. The molecule has 6 rings (SSSR count). The molecular formula is C57H94N4O19S. The van der Waals surface area contributed by atoms with E-state index < -0.39 is 123 Å². The number of aromatic nitrogens is 1. The van der Waals surface area contributed by atoms with Crippen LogP contribution in [0.25, 0.3) is 10.9 Å². The number of fused-ring (bicyclic) bond motifs is 1. The number of cyclic esters (lactones) is 1. The molecule has 1 aromatic carbocycles. The Morgan fingerprint density at radius 3 is 2.21 bits per heavy atom. The van der Waals surface area contributed by atoms with Crippen molar-refractivity contribution in [3.05, 3.63) is 40.2 Å². The number of ether oxygens (including phenoxy) is 8. The van der Waals surface area contributed by atoms with Crippen LogP contribution in [0.1, 0.15) is 124 Å². The number of rotatable bonds is 21. The number of aliphatic hydroxyl groups excluding tert-OH is 2. The fraction of sp³-hybridized carbons (Fsp3) is 0.807. The monoisotopic (exact) mass is 1170 g/mol. The molecule has 3 saturated heterocycles. The molecule has 81 heavy (non-hydrogen) atoms. The molecule has 24 heteroatoms. The van der Waals surface area contributed by atoms with Gasteiger partial charge in [0.1, 0.15) is 35.6 Å². The van der Waals surface area contributed by atoms with Gasteiger partial charge in [-0.25, -0.2) is 4.79 Å². The van der Waals surface area contributed by atoms with Crippen molar-refractivity contribution >= 4 is 38.6 Å². The number of hydrogen-bond donors (Lipinski definition) is 6. The zero-order chi connectivity index (χ0) is 60.1.